The summed E-state index contributed by atoms with van der Waals surface area (Å²) < 4.78 is 0. The van der Waals surface area contributed by atoms with Gasteiger partial charge in [0.15, 0.2) is 0 Å². The summed E-state index contributed by atoms with van der Waals surface area (Å²) in [4.78, 5) is 29.8. The molecule has 6 nitrogen and oxygen atoms in total. The van der Waals surface area contributed by atoms with E-state index in [0.717, 1.165) is 5.56 Å². The van der Waals surface area contributed by atoms with E-state index in [0.29, 0.717) is 39.1 Å². The molecule has 0 aliphatic carbocycles. The molecule has 0 bridgehead atoms. The number of carbonyl (C=O) groups excluding carboxylic acids is 2. The van der Waals surface area contributed by atoms with Crippen LogP contribution in [-0.4, -0.2) is 65.9 Å². The Morgan fingerprint density at radius 3 is 2.26 bits per heavy atom. The molecular formula is C17H26N4O2. The lowest BCUT2D eigenvalue weighted by Gasteiger charge is -2.37. The molecule has 1 fully saturated rings. The van der Waals surface area contributed by atoms with Gasteiger partial charge >= 0.3 is 6.03 Å². The van der Waals surface area contributed by atoms with Crippen molar-refractivity contribution in [2.45, 2.75) is 25.9 Å². The lowest BCUT2D eigenvalue weighted by Crippen LogP contribution is -2.53. The van der Waals surface area contributed by atoms with Gasteiger partial charge < -0.3 is 20.4 Å². The zero-order chi connectivity index (χ0) is 16.8. The predicted octanol–water partition coefficient (Wildman–Crippen LogP) is 1.12. The highest BCUT2D eigenvalue weighted by atomic mass is 16.2. The lowest BCUT2D eigenvalue weighted by molar-refractivity contribution is -0.132. The van der Waals surface area contributed by atoms with Crippen LogP contribution in [0, 0.1) is 0 Å². The van der Waals surface area contributed by atoms with Gasteiger partial charge in [0.1, 0.15) is 0 Å². The maximum atomic E-state index is 12.5. The number of piperazine rings is 1. The molecule has 0 spiro atoms. The summed E-state index contributed by atoms with van der Waals surface area (Å²) in [6.07, 6.45) is 0.363. The molecule has 0 radical (unpaired) electrons. The molecule has 23 heavy (non-hydrogen) atoms. The maximum absolute atomic E-state index is 12.5. The SMILES string of the molecule is CC(N)CC(=O)N1CCN(C(=O)N(C)Cc2ccccc2)CC1. The first-order chi connectivity index (χ1) is 11.0. The van der Waals surface area contributed by atoms with E-state index >= 15 is 0 Å². The third kappa shape index (κ3) is 4.96. The van der Waals surface area contributed by atoms with Crippen LogP contribution in [0.15, 0.2) is 30.3 Å². The number of amides is 3. The number of nitrogens with zero attached hydrogens (tertiary/aromatic N) is 3. The normalized spacial score (nSPS) is 16.1. The average molecular weight is 318 g/mol. The van der Waals surface area contributed by atoms with Gasteiger partial charge in [-0.1, -0.05) is 30.3 Å². The average Bonchev–Trinajstić information content (AvgIpc) is 2.54. The van der Waals surface area contributed by atoms with Crippen molar-refractivity contribution < 1.29 is 9.59 Å². The summed E-state index contributed by atoms with van der Waals surface area (Å²) in [6, 6.07) is 9.80. The van der Waals surface area contributed by atoms with E-state index in [1.54, 1.807) is 14.7 Å². The minimum atomic E-state index is -0.126. The second-order valence-electron chi connectivity index (χ2n) is 6.17. The van der Waals surface area contributed by atoms with Gasteiger partial charge in [-0.2, -0.15) is 0 Å². The second kappa shape index (κ2) is 7.97. The molecule has 0 aromatic heterocycles. The Morgan fingerprint density at radius 1 is 1.13 bits per heavy atom. The topological polar surface area (TPSA) is 69.9 Å². The standard InChI is InChI=1S/C17H26N4O2/c1-14(18)12-16(22)20-8-10-21(11-9-20)17(23)19(2)13-15-6-4-3-5-7-15/h3-7,14H,8-13,18H2,1-2H3. The highest BCUT2D eigenvalue weighted by Crippen LogP contribution is 2.09. The molecule has 1 aromatic carbocycles. The molecule has 3 amide bonds. The number of hydrogen-bond acceptors (Lipinski definition) is 3. The van der Waals surface area contributed by atoms with Crippen LogP contribution in [0.3, 0.4) is 0 Å². The summed E-state index contributed by atoms with van der Waals surface area (Å²) >= 11 is 0. The Kier molecular flexibility index (Phi) is 5.98. The number of benzene rings is 1. The molecule has 126 valence electrons. The number of urea groups is 1. The first-order valence-electron chi connectivity index (χ1n) is 8.04. The number of rotatable bonds is 4. The number of carbonyl (C=O) groups is 2. The minimum absolute atomic E-state index is 0.00754. The Balaban J connectivity index is 1.82. The van der Waals surface area contributed by atoms with E-state index in [-0.39, 0.29) is 18.0 Å². The summed E-state index contributed by atoms with van der Waals surface area (Å²) in [7, 11) is 1.81. The van der Waals surface area contributed by atoms with Crippen molar-refractivity contribution in [3.05, 3.63) is 35.9 Å². The van der Waals surface area contributed by atoms with Crippen molar-refractivity contribution in [3.8, 4) is 0 Å². The van der Waals surface area contributed by atoms with Crippen LogP contribution >= 0.6 is 0 Å². The third-order valence-corrected chi connectivity index (χ3v) is 3.99. The zero-order valence-electron chi connectivity index (χ0n) is 13.9. The largest absolute Gasteiger partial charge is 0.339 e. The van der Waals surface area contributed by atoms with Crippen molar-refractivity contribution in [1.82, 2.24) is 14.7 Å². The lowest BCUT2D eigenvalue weighted by atomic mass is 10.2. The molecule has 1 aliphatic rings. The highest BCUT2D eigenvalue weighted by molar-refractivity contribution is 5.78. The quantitative estimate of drug-likeness (QED) is 0.904. The van der Waals surface area contributed by atoms with E-state index in [1.165, 1.54) is 0 Å². The number of nitrogens with two attached hydrogens (primary N) is 1. The van der Waals surface area contributed by atoms with Gasteiger partial charge in [0.05, 0.1) is 0 Å². The number of hydrogen-bond donors (Lipinski definition) is 1. The molecule has 1 aromatic rings. The molecule has 2 N–H and O–H groups in total. The van der Waals surface area contributed by atoms with E-state index < -0.39 is 0 Å². The molecule has 1 heterocycles. The Morgan fingerprint density at radius 2 is 1.70 bits per heavy atom. The minimum Gasteiger partial charge on any atom is -0.339 e. The van der Waals surface area contributed by atoms with Gasteiger partial charge in [0.25, 0.3) is 0 Å². The van der Waals surface area contributed by atoms with Crippen molar-refractivity contribution in [1.29, 1.82) is 0 Å². The van der Waals surface area contributed by atoms with Crippen LogP contribution in [-0.2, 0) is 11.3 Å². The zero-order valence-corrected chi connectivity index (χ0v) is 13.9. The summed E-state index contributed by atoms with van der Waals surface area (Å²) in [5.74, 6) is 0.0738. The van der Waals surface area contributed by atoms with Crippen LogP contribution in [0.5, 0.6) is 0 Å². The molecule has 2 rings (SSSR count). The van der Waals surface area contributed by atoms with Crippen molar-refractivity contribution in [3.63, 3.8) is 0 Å². The monoisotopic (exact) mass is 318 g/mol. The van der Waals surface area contributed by atoms with E-state index in [1.807, 2.05) is 44.3 Å². The van der Waals surface area contributed by atoms with E-state index in [4.69, 9.17) is 5.73 Å². The first kappa shape index (κ1) is 17.3. The fraction of sp³-hybridized carbons (Fsp3) is 0.529. The van der Waals surface area contributed by atoms with Crippen LogP contribution in [0.4, 0.5) is 4.79 Å². The van der Waals surface area contributed by atoms with Crippen LogP contribution in [0.1, 0.15) is 18.9 Å². The molecule has 1 saturated heterocycles. The van der Waals surface area contributed by atoms with Gasteiger partial charge in [0, 0.05) is 52.2 Å². The van der Waals surface area contributed by atoms with Gasteiger partial charge in [0.2, 0.25) is 5.91 Å². The highest BCUT2D eigenvalue weighted by Gasteiger charge is 2.26. The first-order valence-corrected chi connectivity index (χ1v) is 8.04. The molecule has 1 atom stereocenters. The van der Waals surface area contributed by atoms with Crippen molar-refractivity contribution in [2.24, 2.45) is 5.73 Å². The van der Waals surface area contributed by atoms with Gasteiger partial charge in [-0.3, -0.25) is 4.79 Å². The van der Waals surface area contributed by atoms with Crippen LogP contribution in [0.2, 0.25) is 0 Å². The second-order valence-corrected chi connectivity index (χ2v) is 6.17. The fourth-order valence-electron chi connectivity index (χ4n) is 2.72. The van der Waals surface area contributed by atoms with Gasteiger partial charge in [-0.15, -0.1) is 0 Å². The van der Waals surface area contributed by atoms with Gasteiger partial charge in [-0.05, 0) is 12.5 Å². The molecule has 0 saturated carbocycles. The molecular weight excluding hydrogens is 292 g/mol. The Bertz CT molecular complexity index is 525. The smallest absolute Gasteiger partial charge is 0.320 e. The predicted molar refractivity (Wildman–Crippen MR) is 89.7 cm³/mol. The fourth-order valence-corrected chi connectivity index (χ4v) is 2.72. The van der Waals surface area contributed by atoms with E-state index in [2.05, 4.69) is 0 Å². The molecule has 1 unspecified atom stereocenters. The maximum Gasteiger partial charge on any atom is 0.320 e. The third-order valence-electron chi connectivity index (χ3n) is 3.99. The van der Waals surface area contributed by atoms with Gasteiger partial charge in [-0.25, -0.2) is 4.79 Å². The molecule has 6 heteroatoms. The van der Waals surface area contributed by atoms with Crippen molar-refractivity contribution >= 4 is 11.9 Å². The van der Waals surface area contributed by atoms with Crippen LogP contribution in [0.25, 0.3) is 0 Å². The molecule has 1 aliphatic heterocycles. The summed E-state index contributed by atoms with van der Waals surface area (Å²) in [5.41, 5.74) is 6.78. The van der Waals surface area contributed by atoms with E-state index in [9.17, 15) is 9.59 Å². The van der Waals surface area contributed by atoms with Crippen molar-refractivity contribution in [2.75, 3.05) is 33.2 Å². The Hall–Kier alpha value is -2.08. The van der Waals surface area contributed by atoms with Crippen LogP contribution < -0.4 is 5.73 Å². The summed E-state index contributed by atoms with van der Waals surface area (Å²) in [6.45, 7) is 4.72. The Labute approximate surface area is 137 Å². The summed E-state index contributed by atoms with van der Waals surface area (Å²) in [5, 5.41) is 0.